The Morgan fingerprint density at radius 1 is 1.18 bits per heavy atom. The molecule has 0 bridgehead atoms. The molecule has 4 rings (SSSR count). The molecule has 0 fully saturated rings. The fraction of sp³-hybridized carbons (Fsp3) is 0.200. The Morgan fingerprint density at radius 2 is 2.07 bits per heavy atom. The van der Waals surface area contributed by atoms with Crippen molar-refractivity contribution in [3.8, 4) is 16.9 Å². The minimum atomic E-state index is -0.196. The van der Waals surface area contributed by atoms with E-state index in [1.54, 1.807) is 34.9 Å². The molecule has 0 spiro atoms. The second-order valence-corrected chi connectivity index (χ2v) is 6.38. The van der Waals surface area contributed by atoms with Crippen LogP contribution in [0.1, 0.15) is 16.1 Å². The first-order chi connectivity index (χ1) is 13.7. The third-order valence-electron chi connectivity index (χ3n) is 4.47. The fourth-order valence-electron chi connectivity index (χ4n) is 3.08. The van der Waals surface area contributed by atoms with Crippen LogP contribution in [0.5, 0.6) is 5.75 Å². The minimum absolute atomic E-state index is 0.196. The molecule has 4 aromatic heterocycles. The zero-order valence-electron chi connectivity index (χ0n) is 15.7. The Balaban J connectivity index is 1.58. The summed E-state index contributed by atoms with van der Waals surface area (Å²) in [5, 5.41) is 11.5. The molecule has 0 aliphatic rings. The highest BCUT2D eigenvalue weighted by Crippen LogP contribution is 2.29. The number of hydrogen-bond acceptors (Lipinski definition) is 5. The summed E-state index contributed by atoms with van der Waals surface area (Å²) in [5.41, 5.74) is 3.88. The van der Waals surface area contributed by atoms with Crippen LogP contribution in [-0.2, 0) is 13.5 Å². The number of hydrogen-bond donors (Lipinski definition) is 1. The summed E-state index contributed by atoms with van der Waals surface area (Å²) < 4.78 is 8.93. The molecule has 0 aliphatic heterocycles. The number of nitrogens with one attached hydrogen (secondary N) is 1. The number of methoxy groups -OCH3 is 1. The van der Waals surface area contributed by atoms with Crippen molar-refractivity contribution in [1.82, 2.24) is 29.7 Å². The van der Waals surface area contributed by atoms with Gasteiger partial charge in [0.1, 0.15) is 11.3 Å². The van der Waals surface area contributed by atoms with E-state index in [0.29, 0.717) is 29.8 Å². The summed E-state index contributed by atoms with van der Waals surface area (Å²) in [6.45, 7) is 0.489. The maximum atomic E-state index is 12.7. The van der Waals surface area contributed by atoms with Crippen molar-refractivity contribution < 1.29 is 9.53 Å². The van der Waals surface area contributed by atoms with Gasteiger partial charge in [-0.25, -0.2) is 4.52 Å². The van der Waals surface area contributed by atoms with E-state index in [2.05, 4.69) is 20.5 Å². The number of aromatic nitrogens is 5. The monoisotopic (exact) mass is 376 g/mol. The zero-order valence-corrected chi connectivity index (χ0v) is 15.7. The number of carbonyl (C=O) groups is 1. The van der Waals surface area contributed by atoms with Gasteiger partial charge < -0.3 is 10.1 Å². The van der Waals surface area contributed by atoms with Crippen molar-refractivity contribution in [1.29, 1.82) is 0 Å². The lowest BCUT2D eigenvalue weighted by atomic mass is 10.1. The van der Waals surface area contributed by atoms with Crippen molar-refractivity contribution in [3.63, 3.8) is 0 Å². The predicted octanol–water partition coefficient (Wildman–Crippen LogP) is 2.11. The van der Waals surface area contributed by atoms with Crippen molar-refractivity contribution in [3.05, 3.63) is 66.5 Å². The molecule has 4 heterocycles. The average Bonchev–Trinajstić information content (AvgIpc) is 3.34. The molecule has 8 heteroatoms. The van der Waals surface area contributed by atoms with Gasteiger partial charge in [0.25, 0.3) is 5.91 Å². The Labute approximate surface area is 161 Å². The number of aryl methyl sites for hydroxylation is 1. The number of nitrogens with zero attached hydrogens (tertiary/aromatic N) is 5. The van der Waals surface area contributed by atoms with E-state index in [0.717, 1.165) is 16.8 Å². The molecule has 0 radical (unpaired) electrons. The quantitative estimate of drug-likeness (QED) is 0.557. The lowest BCUT2D eigenvalue weighted by Gasteiger charge is -2.09. The number of rotatable bonds is 6. The molecule has 0 aliphatic carbocycles. The molecule has 28 heavy (non-hydrogen) atoms. The number of amides is 1. The van der Waals surface area contributed by atoms with Crippen molar-refractivity contribution in [2.45, 2.75) is 6.42 Å². The van der Waals surface area contributed by atoms with E-state index >= 15 is 0 Å². The van der Waals surface area contributed by atoms with Gasteiger partial charge in [-0.1, -0.05) is 6.07 Å². The summed E-state index contributed by atoms with van der Waals surface area (Å²) in [5.74, 6) is 0.382. The molecule has 0 unspecified atom stereocenters. The molecular formula is C20H20N6O2. The van der Waals surface area contributed by atoms with Crippen LogP contribution >= 0.6 is 0 Å². The summed E-state index contributed by atoms with van der Waals surface area (Å²) >= 11 is 0. The van der Waals surface area contributed by atoms with Crippen LogP contribution in [0.2, 0.25) is 0 Å². The van der Waals surface area contributed by atoms with Gasteiger partial charge >= 0.3 is 0 Å². The van der Waals surface area contributed by atoms with Gasteiger partial charge in [0.05, 0.1) is 25.1 Å². The molecule has 0 atom stereocenters. The van der Waals surface area contributed by atoms with E-state index in [9.17, 15) is 4.79 Å². The lowest BCUT2D eigenvalue weighted by molar-refractivity contribution is 0.0955. The Bertz CT molecular complexity index is 1120. The smallest absolute Gasteiger partial charge is 0.255 e. The summed E-state index contributed by atoms with van der Waals surface area (Å²) in [6, 6.07) is 7.62. The highest BCUT2D eigenvalue weighted by Gasteiger charge is 2.18. The Hall–Kier alpha value is -3.68. The van der Waals surface area contributed by atoms with Gasteiger partial charge in [0, 0.05) is 55.4 Å². The number of fused-ring (bicyclic) bond motifs is 1. The summed E-state index contributed by atoms with van der Waals surface area (Å²) in [7, 11) is 3.44. The van der Waals surface area contributed by atoms with Crippen LogP contribution in [0.15, 0.2) is 55.2 Å². The molecule has 0 aromatic carbocycles. The van der Waals surface area contributed by atoms with Gasteiger partial charge in [-0.3, -0.25) is 14.5 Å². The van der Waals surface area contributed by atoms with E-state index in [1.807, 2.05) is 43.7 Å². The predicted molar refractivity (Wildman–Crippen MR) is 104 cm³/mol. The average molecular weight is 376 g/mol. The van der Waals surface area contributed by atoms with Crippen molar-refractivity contribution >= 4 is 11.4 Å². The van der Waals surface area contributed by atoms with Crippen LogP contribution in [0.3, 0.4) is 0 Å². The van der Waals surface area contributed by atoms with Crippen LogP contribution in [0.4, 0.5) is 0 Å². The molecular weight excluding hydrogens is 356 g/mol. The molecule has 4 aromatic rings. The zero-order chi connectivity index (χ0) is 19.5. The van der Waals surface area contributed by atoms with Gasteiger partial charge in [-0.05, 0) is 18.2 Å². The highest BCUT2D eigenvalue weighted by molar-refractivity contribution is 6.02. The van der Waals surface area contributed by atoms with Crippen LogP contribution in [0.25, 0.3) is 16.6 Å². The molecule has 142 valence electrons. The van der Waals surface area contributed by atoms with E-state index in [4.69, 9.17) is 4.74 Å². The first kappa shape index (κ1) is 17.7. The standard InChI is InChI=1S/C20H20N6O2/c1-25-12-15(10-23-25)14-9-18(28-2)19-17(11-24-26(19)13-14)20(27)22-8-6-16-5-3-4-7-21-16/h3-5,7,9-13H,6,8H2,1-2H3,(H,22,27). The van der Waals surface area contributed by atoms with Gasteiger partial charge in [0.15, 0.2) is 0 Å². The minimum Gasteiger partial charge on any atom is -0.494 e. The number of ether oxygens (including phenoxy) is 1. The lowest BCUT2D eigenvalue weighted by Crippen LogP contribution is -2.25. The van der Waals surface area contributed by atoms with Gasteiger partial charge in [-0.2, -0.15) is 10.2 Å². The van der Waals surface area contributed by atoms with Crippen molar-refractivity contribution in [2.75, 3.05) is 13.7 Å². The highest BCUT2D eigenvalue weighted by atomic mass is 16.5. The summed E-state index contributed by atoms with van der Waals surface area (Å²) in [4.78, 5) is 16.9. The first-order valence-corrected chi connectivity index (χ1v) is 8.88. The number of pyridine rings is 2. The third kappa shape index (κ3) is 3.44. The van der Waals surface area contributed by atoms with Crippen LogP contribution < -0.4 is 10.1 Å². The van der Waals surface area contributed by atoms with E-state index in [-0.39, 0.29) is 5.91 Å². The van der Waals surface area contributed by atoms with Crippen LogP contribution in [-0.4, -0.2) is 43.9 Å². The fourth-order valence-corrected chi connectivity index (χ4v) is 3.08. The first-order valence-electron chi connectivity index (χ1n) is 8.88. The summed E-state index contributed by atoms with van der Waals surface area (Å²) in [6.07, 6.45) is 9.51. The van der Waals surface area contributed by atoms with Gasteiger partial charge in [0.2, 0.25) is 0 Å². The Kier molecular flexibility index (Phi) is 4.76. The van der Waals surface area contributed by atoms with E-state index < -0.39 is 0 Å². The second kappa shape index (κ2) is 7.51. The van der Waals surface area contributed by atoms with Gasteiger partial charge in [-0.15, -0.1) is 0 Å². The maximum Gasteiger partial charge on any atom is 0.255 e. The van der Waals surface area contributed by atoms with E-state index in [1.165, 1.54) is 0 Å². The molecule has 1 N–H and O–H groups in total. The maximum absolute atomic E-state index is 12.7. The largest absolute Gasteiger partial charge is 0.494 e. The number of carbonyl (C=O) groups excluding carboxylic acids is 1. The van der Waals surface area contributed by atoms with Crippen molar-refractivity contribution in [2.24, 2.45) is 7.05 Å². The third-order valence-corrected chi connectivity index (χ3v) is 4.47. The molecule has 8 nitrogen and oxygen atoms in total. The Morgan fingerprint density at radius 3 is 2.79 bits per heavy atom. The topological polar surface area (TPSA) is 86.3 Å². The molecule has 0 saturated carbocycles. The molecule has 0 saturated heterocycles. The molecule has 1 amide bonds. The second-order valence-electron chi connectivity index (χ2n) is 6.38. The van der Waals surface area contributed by atoms with Crippen LogP contribution in [0, 0.1) is 0 Å². The SMILES string of the molecule is COc1cc(-c2cnn(C)c2)cn2ncc(C(=O)NCCc3ccccn3)c12. The normalized spacial score (nSPS) is 10.9.